The van der Waals surface area contributed by atoms with Gasteiger partial charge in [-0.15, -0.1) is 11.6 Å². The van der Waals surface area contributed by atoms with Gasteiger partial charge >= 0.3 is 0 Å². The third-order valence-corrected chi connectivity index (χ3v) is 3.53. The van der Waals surface area contributed by atoms with Crippen LogP contribution in [0.5, 0.6) is 0 Å². The molecule has 2 aromatic rings. The van der Waals surface area contributed by atoms with E-state index in [0.29, 0.717) is 0 Å². The Hall–Kier alpha value is -0.680. The average Bonchev–Trinajstić information content (AvgIpc) is 2.31. The highest BCUT2D eigenvalue weighted by Gasteiger charge is 2.16. The Morgan fingerprint density at radius 1 is 1.06 bits per heavy atom. The number of halogens is 4. The van der Waals surface area contributed by atoms with Crippen molar-refractivity contribution in [2.75, 3.05) is 0 Å². The second-order valence-electron chi connectivity index (χ2n) is 3.58. The molecule has 88 valence electrons. The molecular formula is C13H8ClF2I. The molecule has 0 saturated carbocycles. The maximum atomic E-state index is 13.6. The van der Waals surface area contributed by atoms with Gasteiger partial charge in [0.1, 0.15) is 11.6 Å². The molecule has 4 heteroatoms. The highest BCUT2D eigenvalue weighted by Crippen LogP contribution is 2.31. The van der Waals surface area contributed by atoms with E-state index in [1.807, 2.05) is 18.2 Å². The van der Waals surface area contributed by atoms with Gasteiger partial charge in [-0.2, -0.15) is 0 Å². The van der Waals surface area contributed by atoms with E-state index >= 15 is 0 Å². The lowest BCUT2D eigenvalue weighted by atomic mass is 10.0. The third-order valence-electron chi connectivity index (χ3n) is 2.37. The Kier molecular flexibility index (Phi) is 3.99. The van der Waals surface area contributed by atoms with Gasteiger partial charge < -0.3 is 0 Å². The summed E-state index contributed by atoms with van der Waals surface area (Å²) in [7, 11) is 0. The average molecular weight is 365 g/mol. The van der Waals surface area contributed by atoms with Crippen molar-refractivity contribution < 1.29 is 8.78 Å². The third kappa shape index (κ3) is 2.96. The number of benzene rings is 2. The van der Waals surface area contributed by atoms with E-state index in [1.54, 1.807) is 6.07 Å². The predicted molar refractivity (Wildman–Crippen MR) is 73.2 cm³/mol. The lowest BCUT2D eigenvalue weighted by Gasteiger charge is -2.11. The summed E-state index contributed by atoms with van der Waals surface area (Å²) in [5.74, 6) is -0.983. The minimum Gasteiger partial charge on any atom is -0.207 e. The SMILES string of the molecule is Fc1ccc(F)c(C(Cl)c2cccc(I)c2)c1. The first-order chi connectivity index (χ1) is 8.08. The topological polar surface area (TPSA) is 0 Å². The van der Waals surface area contributed by atoms with Crippen molar-refractivity contribution in [1.29, 1.82) is 0 Å². The summed E-state index contributed by atoms with van der Waals surface area (Å²) in [6, 6.07) is 10.7. The van der Waals surface area contributed by atoms with Gasteiger partial charge in [0.2, 0.25) is 0 Å². The molecule has 2 rings (SSSR count). The first-order valence-electron chi connectivity index (χ1n) is 4.92. The summed E-state index contributed by atoms with van der Waals surface area (Å²) in [5.41, 5.74) is 0.914. The van der Waals surface area contributed by atoms with Gasteiger partial charge in [-0.25, -0.2) is 8.78 Å². The molecule has 0 fully saturated rings. The fourth-order valence-corrected chi connectivity index (χ4v) is 2.42. The molecule has 0 spiro atoms. The monoisotopic (exact) mass is 364 g/mol. The molecular weight excluding hydrogens is 356 g/mol. The highest BCUT2D eigenvalue weighted by molar-refractivity contribution is 14.1. The predicted octanol–water partition coefficient (Wildman–Crippen LogP) is 4.90. The molecule has 0 nitrogen and oxygen atoms in total. The molecule has 1 atom stereocenters. The second kappa shape index (κ2) is 5.31. The van der Waals surface area contributed by atoms with Gasteiger partial charge in [0.05, 0.1) is 5.38 Å². The Labute approximate surface area is 117 Å². The van der Waals surface area contributed by atoms with Crippen molar-refractivity contribution in [3.05, 3.63) is 68.8 Å². The molecule has 0 saturated heterocycles. The maximum absolute atomic E-state index is 13.6. The Morgan fingerprint density at radius 3 is 2.53 bits per heavy atom. The zero-order valence-electron chi connectivity index (χ0n) is 8.63. The summed E-state index contributed by atoms with van der Waals surface area (Å²) in [6.45, 7) is 0. The van der Waals surface area contributed by atoms with Gasteiger partial charge in [0.15, 0.2) is 0 Å². The quantitative estimate of drug-likeness (QED) is 0.525. The summed E-state index contributed by atoms with van der Waals surface area (Å²) >= 11 is 8.32. The number of hydrogen-bond acceptors (Lipinski definition) is 0. The van der Waals surface area contributed by atoms with Crippen LogP contribution in [0.25, 0.3) is 0 Å². The van der Waals surface area contributed by atoms with E-state index in [9.17, 15) is 8.78 Å². The summed E-state index contributed by atoms with van der Waals surface area (Å²) in [5, 5.41) is -0.680. The molecule has 0 aromatic heterocycles. The number of rotatable bonds is 2. The molecule has 0 N–H and O–H groups in total. The fraction of sp³-hybridized carbons (Fsp3) is 0.0769. The van der Waals surface area contributed by atoms with Crippen molar-refractivity contribution >= 4 is 34.2 Å². The molecule has 0 aliphatic heterocycles. The smallest absolute Gasteiger partial charge is 0.128 e. The van der Waals surface area contributed by atoms with Crippen LogP contribution in [-0.4, -0.2) is 0 Å². The standard InChI is InChI=1S/C13H8ClF2I/c14-13(8-2-1-3-10(17)6-8)11-7-9(15)4-5-12(11)16/h1-7,13H. The van der Waals surface area contributed by atoms with E-state index in [4.69, 9.17) is 11.6 Å². The van der Waals surface area contributed by atoms with Crippen molar-refractivity contribution in [2.45, 2.75) is 5.38 Å². The van der Waals surface area contributed by atoms with Crippen molar-refractivity contribution in [3.8, 4) is 0 Å². The van der Waals surface area contributed by atoms with Crippen LogP contribution in [0, 0.1) is 15.2 Å². The van der Waals surface area contributed by atoms with Crippen LogP contribution in [0.2, 0.25) is 0 Å². The van der Waals surface area contributed by atoms with E-state index in [2.05, 4.69) is 22.6 Å². The highest BCUT2D eigenvalue weighted by atomic mass is 127. The summed E-state index contributed by atoms with van der Waals surface area (Å²) in [4.78, 5) is 0. The lowest BCUT2D eigenvalue weighted by molar-refractivity contribution is 0.587. The van der Waals surface area contributed by atoms with Crippen LogP contribution in [0.4, 0.5) is 8.78 Å². The first kappa shape index (κ1) is 12.8. The van der Waals surface area contributed by atoms with E-state index in [0.717, 1.165) is 27.3 Å². The van der Waals surface area contributed by atoms with Crippen LogP contribution in [0.1, 0.15) is 16.5 Å². The molecule has 0 bridgehead atoms. The largest absolute Gasteiger partial charge is 0.207 e. The van der Waals surface area contributed by atoms with E-state index in [-0.39, 0.29) is 5.56 Å². The van der Waals surface area contributed by atoms with Crippen LogP contribution in [0.15, 0.2) is 42.5 Å². The zero-order valence-corrected chi connectivity index (χ0v) is 11.5. The van der Waals surface area contributed by atoms with Crippen LogP contribution in [0.3, 0.4) is 0 Å². The summed E-state index contributed by atoms with van der Waals surface area (Å²) in [6.07, 6.45) is 0. The molecule has 0 aliphatic rings. The molecule has 0 aliphatic carbocycles. The van der Waals surface area contributed by atoms with E-state index < -0.39 is 17.0 Å². The minimum atomic E-state index is -0.680. The number of hydrogen-bond donors (Lipinski definition) is 0. The Balaban J connectivity index is 2.43. The van der Waals surface area contributed by atoms with Crippen molar-refractivity contribution in [2.24, 2.45) is 0 Å². The van der Waals surface area contributed by atoms with Crippen LogP contribution in [-0.2, 0) is 0 Å². The maximum Gasteiger partial charge on any atom is 0.128 e. The van der Waals surface area contributed by atoms with Gasteiger partial charge in [0.25, 0.3) is 0 Å². The van der Waals surface area contributed by atoms with Gasteiger partial charge in [-0.05, 0) is 58.5 Å². The zero-order chi connectivity index (χ0) is 12.4. The van der Waals surface area contributed by atoms with Gasteiger partial charge in [-0.1, -0.05) is 12.1 Å². The molecule has 0 radical (unpaired) electrons. The van der Waals surface area contributed by atoms with Crippen LogP contribution >= 0.6 is 34.2 Å². The minimum absolute atomic E-state index is 0.161. The lowest BCUT2D eigenvalue weighted by Crippen LogP contribution is -1.98. The normalized spacial score (nSPS) is 12.5. The van der Waals surface area contributed by atoms with E-state index in [1.165, 1.54) is 0 Å². The molecule has 2 aromatic carbocycles. The van der Waals surface area contributed by atoms with Crippen molar-refractivity contribution in [1.82, 2.24) is 0 Å². The molecule has 1 unspecified atom stereocenters. The fourth-order valence-electron chi connectivity index (χ4n) is 1.55. The first-order valence-corrected chi connectivity index (χ1v) is 6.44. The van der Waals surface area contributed by atoms with Gasteiger partial charge in [-0.3, -0.25) is 0 Å². The van der Waals surface area contributed by atoms with Gasteiger partial charge in [0, 0.05) is 9.13 Å². The van der Waals surface area contributed by atoms with Crippen molar-refractivity contribution in [3.63, 3.8) is 0 Å². The Morgan fingerprint density at radius 2 is 1.82 bits per heavy atom. The Bertz CT molecular complexity index is 543. The second-order valence-corrected chi connectivity index (χ2v) is 5.27. The number of alkyl halides is 1. The summed E-state index contributed by atoms with van der Waals surface area (Å²) < 4.78 is 27.6. The molecule has 0 heterocycles. The molecule has 17 heavy (non-hydrogen) atoms. The molecule has 0 amide bonds. The van der Waals surface area contributed by atoms with Crippen LogP contribution < -0.4 is 0 Å².